The summed E-state index contributed by atoms with van der Waals surface area (Å²) in [5.74, 6) is -0.980. The Balaban J connectivity index is 2.69. The molecule has 0 aliphatic heterocycles. The molecule has 0 heterocycles. The number of anilines is 2. The fourth-order valence-corrected chi connectivity index (χ4v) is 2.88. The summed E-state index contributed by atoms with van der Waals surface area (Å²) in [4.78, 5) is 13.7. The van der Waals surface area contributed by atoms with Crippen LogP contribution in [0.2, 0.25) is 0 Å². The third-order valence-corrected chi connectivity index (χ3v) is 4.46. The normalized spacial score (nSPS) is 11.8. The van der Waals surface area contributed by atoms with E-state index < -0.39 is 5.91 Å². The van der Waals surface area contributed by atoms with Gasteiger partial charge in [0, 0.05) is 18.3 Å². The minimum absolute atomic E-state index is 0.0375. The van der Waals surface area contributed by atoms with Crippen molar-refractivity contribution in [3.63, 3.8) is 0 Å². The van der Waals surface area contributed by atoms with Gasteiger partial charge in [-0.15, -0.1) is 20.4 Å². The molecule has 194 valence electrons. The molecule has 1 amide bonds. The first-order valence-electron chi connectivity index (χ1n) is 10.7. The zero-order valence-corrected chi connectivity index (χ0v) is 20.6. The van der Waals surface area contributed by atoms with Crippen molar-refractivity contribution >= 4 is 52.5 Å². The highest BCUT2D eigenvalue weighted by atomic mass is 16.1. The van der Waals surface area contributed by atoms with E-state index >= 15 is 0 Å². The molecule has 37 heavy (non-hydrogen) atoms. The second kappa shape index (κ2) is 12.8. The van der Waals surface area contributed by atoms with Gasteiger partial charge in [0.25, 0.3) is 0 Å². The number of hydrogen-bond acceptors (Lipinski definition) is 7. The summed E-state index contributed by atoms with van der Waals surface area (Å²) in [5, 5.41) is 25.8. The molecule has 2 aromatic carbocycles. The zero-order chi connectivity index (χ0) is 27.5. The molecular weight excluding hydrogens is 476 g/mol. The van der Waals surface area contributed by atoms with Gasteiger partial charge in [-0.1, -0.05) is 24.3 Å². The Bertz CT molecular complexity index is 1290. The first-order valence-corrected chi connectivity index (χ1v) is 10.7. The van der Waals surface area contributed by atoms with Gasteiger partial charge in [-0.3, -0.25) is 15.0 Å². The third kappa shape index (κ3) is 8.67. The maximum Gasteiger partial charge on any atom is 0.235 e. The Labute approximate surface area is 213 Å². The molecule has 0 aliphatic rings. The molecule has 15 nitrogen and oxygen atoms in total. The minimum Gasteiger partial charge on any atom is -0.369 e. The number of carbonyl (C=O) groups is 1. The Hall–Kier alpha value is -5.47. The van der Waals surface area contributed by atoms with Crippen LogP contribution in [0.4, 0.5) is 11.4 Å². The van der Waals surface area contributed by atoms with E-state index in [0.717, 1.165) is 5.56 Å². The van der Waals surface area contributed by atoms with Crippen LogP contribution in [-0.2, 0) is 4.79 Å². The van der Waals surface area contributed by atoms with Gasteiger partial charge in [0.05, 0.1) is 11.4 Å². The average molecular weight is 507 g/mol. The van der Waals surface area contributed by atoms with E-state index in [-0.39, 0.29) is 23.8 Å². The van der Waals surface area contributed by atoms with E-state index in [1.165, 1.54) is 6.92 Å². The maximum atomic E-state index is 12.0. The predicted molar refractivity (Wildman–Crippen MR) is 148 cm³/mol. The standard InChI is InChI=1S/C22H30N14O/c1-12(30-32-19(23)24)15-7-9-17(10-8-15)36(22(29-14(3)37)35-34-21(27)28)18-6-4-5-16(11-18)13(2)31-33-20(25)26/h4-11H,1-3H3,(H4,23,24,32)(H4,25,26,33)(H4,27,28,34)(H,29,35,37). The molecular formula is C22H30N14O. The minimum atomic E-state index is -0.395. The van der Waals surface area contributed by atoms with Crippen LogP contribution >= 0.6 is 0 Å². The van der Waals surface area contributed by atoms with Crippen molar-refractivity contribution < 1.29 is 4.79 Å². The van der Waals surface area contributed by atoms with Crippen molar-refractivity contribution in [1.29, 1.82) is 0 Å². The molecule has 0 aliphatic carbocycles. The molecule has 0 bridgehead atoms. The largest absolute Gasteiger partial charge is 0.369 e. The number of guanidine groups is 4. The van der Waals surface area contributed by atoms with Crippen LogP contribution in [-0.4, -0.2) is 41.2 Å². The van der Waals surface area contributed by atoms with E-state index in [4.69, 9.17) is 34.4 Å². The number of carbonyl (C=O) groups excluding carboxylic acids is 1. The van der Waals surface area contributed by atoms with E-state index in [9.17, 15) is 4.79 Å². The lowest BCUT2D eigenvalue weighted by molar-refractivity contribution is -0.117. The summed E-state index contributed by atoms with van der Waals surface area (Å²) >= 11 is 0. The molecule has 15 heteroatoms. The molecule has 0 aromatic heterocycles. The molecule has 0 fully saturated rings. The third-order valence-electron chi connectivity index (χ3n) is 4.46. The molecule has 0 unspecified atom stereocenters. The smallest absolute Gasteiger partial charge is 0.235 e. The van der Waals surface area contributed by atoms with Gasteiger partial charge in [-0.25, -0.2) is 0 Å². The Morgan fingerprint density at radius 2 is 1.16 bits per heavy atom. The van der Waals surface area contributed by atoms with Gasteiger partial charge in [-0.2, -0.15) is 10.2 Å². The molecule has 2 aromatic rings. The van der Waals surface area contributed by atoms with Crippen LogP contribution < -0.4 is 44.6 Å². The number of nitrogens with zero attached hydrogens (tertiary/aromatic N) is 7. The van der Waals surface area contributed by atoms with Gasteiger partial charge in [0.15, 0.2) is 0 Å². The number of nitrogens with two attached hydrogens (primary N) is 6. The molecule has 0 atom stereocenters. The van der Waals surface area contributed by atoms with Crippen LogP contribution in [0.15, 0.2) is 79.1 Å². The van der Waals surface area contributed by atoms with Crippen LogP contribution in [0.3, 0.4) is 0 Å². The zero-order valence-electron chi connectivity index (χ0n) is 20.6. The van der Waals surface area contributed by atoms with E-state index in [1.807, 2.05) is 6.07 Å². The molecule has 13 N–H and O–H groups in total. The SMILES string of the molecule is CC(=O)NC(=NN=C(N)N)N(c1ccc(C(C)=NN=C(N)N)cc1)c1cccc(C(C)=NN=C(N)N)c1. The van der Waals surface area contributed by atoms with E-state index in [1.54, 1.807) is 61.2 Å². The van der Waals surface area contributed by atoms with Crippen LogP contribution in [0, 0.1) is 0 Å². The summed E-state index contributed by atoms with van der Waals surface area (Å²) in [6, 6.07) is 14.4. The summed E-state index contributed by atoms with van der Waals surface area (Å²) in [5.41, 5.74) is 36.2. The quantitative estimate of drug-likeness (QED) is 0.146. The number of amides is 1. The monoisotopic (exact) mass is 506 g/mol. The molecule has 0 saturated heterocycles. The summed E-state index contributed by atoms with van der Waals surface area (Å²) in [6.07, 6.45) is 0. The Morgan fingerprint density at radius 3 is 1.68 bits per heavy atom. The summed E-state index contributed by atoms with van der Waals surface area (Å²) in [7, 11) is 0. The van der Waals surface area contributed by atoms with Crippen molar-refractivity contribution in [2.24, 2.45) is 65.0 Å². The average Bonchev–Trinajstić information content (AvgIpc) is 2.84. The highest BCUT2D eigenvalue weighted by Gasteiger charge is 2.19. The number of hydrogen-bond donors (Lipinski definition) is 7. The highest BCUT2D eigenvalue weighted by molar-refractivity contribution is 6.10. The van der Waals surface area contributed by atoms with Crippen molar-refractivity contribution in [3.8, 4) is 0 Å². The lowest BCUT2D eigenvalue weighted by atomic mass is 10.1. The topological polar surface area (TPSA) is 263 Å². The molecule has 0 radical (unpaired) electrons. The van der Waals surface area contributed by atoms with Gasteiger partial charge in [0.1, 0.15) is 0 Å². The maximum absolute atomic E-state index is 12.0. The summed E-state index contributed by atoms with van der Waals surface area (Å²) < 4.78 is 0. The Kier molecular flexibility index (Phi) is 9.64. The van der Waals surface area contributed by atoms with Crippen LogP contribution in [0.1, 0.15) is 31.9 Å². The highest BCUT2D eigenvalue weighted by Crippen LogP contribution is 2.27. The fourth-order valence-electron chi connectivity index (χ4n) is 2.88. The number of nitrogens with one attached hydrogen (secondary N) is 1. The second-order valence-electron chi connectivity index (χ2n) is 7.48. The van der Waals surface area contributed by atoms with E-state index in [2.05, 4.69) is 35.9 Å². The molecule has 0 spiro atoms. The lowest BCUT2D eigenvalue weighted by Gasteiger charge is -2.26. The first kappa shape index (κ1) is 27.8. The lowest BCUT2D eigenvalue weighted by Crippen LogP contribution is -2.41. The first-order chi connectivity index (χ1) is 17.5. The fraction of sp³-hybridized carbons (Fsp3) is 0.136. The number of rotatable bonds is 7. The molecule has 0 saturated carbocycles. The summed E-state index contributed by atoms with van der Waals surface area (Å²) in [6.45, 7) is 4.83. The van der Waals surface area contributed by atoms with E-state index in [0.29, 0.717) is 28.4 Å². The molecule has 2 rings (SSSR count). The van der Waals surface area contributed by atoms with Gasteiger partial charge < -0.3 is 34.4 Å². The van der Waals surface area contributed by atoms with Gasteiger partial charge in [-0.05, 0) is 49.2 Å². The second-order valence-corrected chi connectivity index (χ2v) is 7.48. The van der Waals surface area contributed by atoms with Crippen molar-refractivity contribution in [1.82, 2.24) is 5.32 Å². The van der Waals surface area contributed by atoms with Crippen LogP contribution in [0.5, 0.6) is 0 Å². The Morgan fingerprint density at radius 1 is 0.649 bits per heavy atom. The van der Waals surface area contributed by atoms with Crippen molar-refractivity contribution in [2.75, 3.05) is 4.90 Å². The van der Waals surface area contributed by atoms with Gasteiger partial charge >= 0.3 is 0 Å². The van der Waals surface area contributed by atoms with Gasteiger partial charge in [0.2, 0.25) is 29.7 Å². The van der Waals surface area contributed by atoms with Crippen molar-refractivity contribution in [2.45, 2.75) is 20.8 Å². The number of benzene rings is 2. The predicted octanol–water partition coefficient (Wildman–Crippen LogP) is -0.500. The van der Waals surface area contributed by atoms with Crippen molar-refractivity contribution in [3.05, 3.63) is 59.7 Å². The van der Waals surface area contributed by atoms with Crippen LogP contribution in [0.25, 0.3) is 0 Å².